The molecule has 0 unspecified atom stereocenters. The van der Waals surface area contributed by atoms with Crippen molar-refractivity contribution in [3.8, 4) is 0 Å². The van der Waals surface area contributed by atoms with Crippen molar-refractivity contribution >= 4 is 17.8 Å². The van der Waals surface area contributed by atoms with Gasteiger partial charge in [0.1, 0.15) is 6.61 Å². The van der Waals surface area contributed by atoms with Crippen LogP contribution in [0.3, 0.4) is 0 Å². The summed E-state index contributed by atoms with van der Waals surface area (Å²) in [7, 11) is 0. The number of aliphatic hydroxyl groups is 1. The average molecular weight is 521 g/mol. The third-order valence-electron chi connectivity index (χ3n) is 6.13. The monoisotopic (exact) mass is 520 g/mol. The van der Waals surface area contributed by atoms with Crippen molar-refractivity contribution < 1.29 is 24.2 Å². The van der Waals surface area contributed by atoms with E-state index in [0.717, 1.165) is 24.0 Å². The first-order chi connectivity index (χ1) is 18.5. The van der Waals surface area contributed by atoms with E-state index in [1.807, 2.05) is 66.7 Å². The molecule has 0 aliphatic carbocycles. The molecule has 204 valence electrons. The third-order valence-corrected chi connectivity index (χ3v) is 6.13. The lowest BCUT2D eigenvalue weighted by Gasteiger charge is -2.23. The molecule has 0 saturated carbocycles. The van der Waals surface area contributed by atoms with E-state index in [4.69, 9.17) is 4.74 Å². The number of benzene rings is 2. The number of carbonyl (C=O) groups excluding carboxylic acids is 3. The molecule has 0 aromatic heterocycles. The van der Waals surface area contributed by atoms with Crippen LogP contribution < -0.4 is 10.6 Å². The fourth-order valence-electron chi connectivity index (χ4n) is 4.06. The minimum absolute atomic E-state index is 0.00723. The number of nitrogens with one attached hydrogen (secondary N) is 2. The van der Waals surface area contributed by atoms with Gasteiger partial charge in [-0.15, -0.1) is 13.2 Å². The number of rotatable bonds is 18. The van der Waals surface area contributed by atoms with Crippen molar-refractivity contribution in [3.63, 3.8) is 0 Å². The quantitative estimate of drug-likeness (QED) is 0.153. The maximum Gasteiger partial charge on any atom is 0.305 e. The number of ether oxygens (including phenoxy) is 1. The fraction of sp³-hybridized carbons (Fsp3) is 0.387. The predicted octanol–water partition coefficient (Wildman–Crippen LogP) is 4.44. The molecule has 2 aromatic rings. The minimum Gasteiger partial charge on any atom is -0.463 e. The van der Waals surface area contributed by atoms with Crippen molar-refractivity contribution in [3.05, 3.63) is 97.1 Å². The number of amides is 2. The summed E-state index contributed by atoms with van der Waals surface area (Å²) >= 11 is 0. The summed E-state index contributed by atoms with van der Waals surface area (Å²) in [5, 5.41) is 15.5. The largest absolute Gasteiger partial charge is 0.463 e. The van der Waals surface area contributed by atoms with Crippen LogP contribution in [-0.4, -0.2) is 42.1 Å². The molecule has 38 heavy (non-hydrogen) atoms. The molecule has 0 fully saturated rings. The van der Waals surface area contributed by atoms with E-state index in [1.165, 1.54) is 0 Å². The van der Waals surface area contributed by atoms with E-state index >= 15 is 0 Å². The van der Waals surface area contributed by atoms with Crippen LogP contribution in [-0.2, 0) is 25.5 Å². The Labute approximate surface area is 226 Å². The second kappa shape index (κ2) is 17.7. The highest BCUT2D eigenvalue weighted by Gasteiger charge is 2.25. The second-order valence-corrected chi connectivity index (χ2v) is 9.25. The van der Waals surface area contributed by atoms with Crippen LogP contribution >= 0.6 is 0 Å². The molecular formula is C31H40N2O5. The predicted molar refractivity (Wildman–Crippen MR) is 149 cm³/mol. The van der Waals surface area contributed by atoms with Crippen molar-refractivity contribution in [1.29, 1.82) is 0 Å². The molecule has 0 aliphatic rings. The first-order valence-corrected chi connectivity index (χ1v) is 13.1. The van der Waals surface area contributed by atoms with E-state index < -0.39 is 18.0 Å². The van der Waals surface area contributed by atoms with Gasteiger partial charge in [0.2, 0.25) is 11.8 Å². The number of carbonyl (C=O) groups is 3. The van der Waals surface area contributed by atoms with Crippen LogP contribution in [0.25, 0.3) is 0 Å². The number of aliphatic hydroxyl groups excluding tert-OH is 1. The minimum atomic E-state index is -0.663. The molecule has 7 nitrogen and oxygen atoms in total. The van der Waals surface area contributed by atoms with Crippen LogP contribution in [0.2, 0.25) is 0 Å². The molecule has 2 aromatic carbocycles. The van der Waals surface area contributed by atoms with Gasteiger partial charge in [-0.05, 0) is 43.2 Å². The van der Waals surface area contributed by atoms with Crippen molar-refractivity contribution in [2.24, 2.45) is 5.92 Å². The summed E-state index contributed by atoms with van der Waals surface area (Å²) < 4.78 is 5.48. The summed E-state index contributed by atoms with van der Waals surface area (Å²) in [6.07, 6.45) is 6.87. The highest BCUT2D eigenvalue weighted by molar-refractivity contribution is 5.86. The van der Waals surface area contributed by atoms with E-state index in [1.54, 1.807) is 6.08 Å². The van der Waals surface area contributed by atoms with Gasteiger partial charge in [-0.2, -0.15) is 0 Å². The lowest BCUT2D eigenvalue weighted by molar-refractivity contribution is -0.145. The molecule has 0 spiro atoms. The molecule has 3 atom stereocenters. The molecule has 3 N–H and O–H groups in total. The maximum absolute atomic E-state index is 13.2. The lowest BCUT2D eigenvalue weighted by Crippen LogP contribution is -2.42. The van der Waals surface area contributed by atoms with Gasteiger partial charge in [0.05, 0.1) is 24.6 Å². The van der Waals surface area contributed by atoms with Crippen LogP contribution in [0.1, 0.15) is 55.7 Å². The Bertz CT molecular complexity index is 1010. The van der Waals surface area contributed by atoms with Gasteiger partial charge in [0.25, 0.3) is 0 Å². The zero-order chi connectivity index (χ0) is 27.6. The van der Waals surface area contributed by atoms with Gasteiger partial charge in [-0.25, -0.2) is 0 Å². The van der Waals surface area contributed by atoms with E-state index in [0.29, 0.717) is 25.7 Å². The van der Waals surface area contributed by atoms with Crippen LogP contribution in [0, 0.1) is 5.92 Å². The SMILES string of the molecule is C=CCCCCC(=O)OC[C@H](NC(=O)[C@@H](CC=C)CC(=O)N[C@@H](CO)Cc1ccccc1)c1ccccc1. The smallest absolute Gasteiger partial charge is 0.305 e. The summed E-state index contributed by atoms with van der Waals surface area (Å²) in [6, 6.07) is 17.8. The summed E-state index contributed by atoms with van der Waals surface area (Å²) in [5.41, 5.74) is 1.79. The Morgan fingerprint density at radius 3 is 2.24 bits per heavy atom. The van der Waals surface area contributed by atoms with E-state index in [2.05, 4.69) is 23.8 Å². The van der Waals surface area contributed by atoms with Gasteiger partial charge in [0.15, 0.2) is 0 Å². The molecule has 0 aliphatic heterocycles. The molecule has 0 saturated heterocycles. The van der Waals surface area contributed by atoms with E-state index in [9.17, 15) is 19.5 Å². The Kier molecular flexibility index (Phi) is 14.2. The van der Waals surface area contributed by atoms with Crippen molar-refractivity contribution in [2.45, 2.75) is 57.0 Å². The molecule has 2 amide bonds. The lowest BCUT2D eigenvalue weighted by atomic mass is 9.98. The van der Waals surface area contributed by atoms with Crippen molar-refractivity contribution in [2.75, 3.05) is 13.2 Å². The number of hydrogen-bond donors (Lipinski definition) is 3. The first kappa shape index (κ1) is 30.5. The third kappa shape index (κ3) is 11.6. The molecule has 0 heterocycles. The average Bonchev–Trinajstić information content (AvgIpc) is 2.93. The molecular weight excluding hydrogens is 480 g/mol. The van der Waals surface area contributed by atoms with Gasteiger partial charge in [-0.1, -0.05) is 72.8 Å². The number of allylic oxidation sites excluding steroid dienone is 2. The highest BCUT2D eigenvalue weighted by atomic mass is 16.5. The van der Waals surface area contributed by atoms with Crippen molar-refractivity contribution in [1.82, 2.24) is 10.6 Å². The van der Waals surface area contributed by atoms with Gasteiger partial charge in [0, 0.05) is 12.8 Å². The molecule has 7 heteroatoms. The summed E-state index contributed by atoms with van der Waals surface area (Å²) in [4.78, 5) is 38.3. The summed E-state index contributed by atoms with van der Waals surface area (Å²) in [5.74, 6) is -1.65. The normalized spacial score (nSPS) is 13.0. The summed E-state index contributed by atoms with van der Waals surface area (Å²) in [6.45, 7) is 7.19. The van der Waals surface area contributed by atoms with Crippen LogP contribution in [0.4, 0.5) is 0 Å². The maximum atomic E-state index is 13.2. The Balaban J connectivity index is 1.99. The Hall–Kier alpha value is -3.71. The highest BCUT2D eigenvalue weighted by Crippen LogP contribution is 2.18. The van der Waals surface area contributed by atoms with E-state index in [-0.39, 0.29) is 37.4 Å². The number of esters is 1. The van der Waals surface area contributed by atoms with Crippen LogP contribution in [0.15, 0.2) is 86.0 Å². The Morgan fingerprint density at radius 1 is 0.921 bits per heavy atom. The zero-order valence-corrected chi connectivity index (χ0v) is 22.0. The fourth-order valence-corrected chi connectivity index (χ4v) is 4.06. The van der Waals surface area contributed by atoms with Gasteiger partial charge < -0.3 is 20.5 Å². The topological polar surface area (TPSA) is 105 Å². The molecule has 0 bridgehead atoms. The number of hydrogen-bond acceptors (Lipinski definition) is 5. The van der Waals surface area contributed by atoms with Crippen LogP contribution in [0.5, 0.6) is 0 Å². The standard InChI is InChI=1S/C31H40N2O5/c1-3-5-6-13-19-30(36)38-23-28(25-17-11-8-12-18-25)33-31(37)26(14-4-2)21-29(35)32-27(22-34)20-24-15-9-7-10-16-24/h3-4,7-12,15-18,26-28,34H,1-2,5-6,13-14,19-23H2,(H,32,35)(H,33,37)/t26-,27+,28-/m0/s1. The first-order valence-electron chi connectivity index (χ1n) is 13.1. The van der Waals surface area contributed by atoms with Gasteiger partial charge >= 0.3 is 5.97 Å². The molecule has 2 rings (SSSR count). The van der Waals surface area contributed by atoms with Gasteiger partial charge in [-0.3, -0.25) is 14.4 Å². The number of unbranched alkanes of at least 4 members (excludes halogenated alkanes) is 2. The second-order valence-electron chi connectivity index (χ2n) is 9.25. The zero-order valence-electron chi connectivity index (χ0n) is 22.0. The molecule has 0 radical (unpaired) electrons. The Morgan fingerprint density at radius 2 is 1.61 bits per heavy atom.